The molecule has 10 heteroatoms. The fourth-order valence-corrected chi connectivity index (χ4v) is 3.42. The third-order valence-corrected chi connectivity index (χ3v) is 5.39. The molecule has 156 valence electrons. The van der Waals surface area contributed by atoms with Crippen LogP contribution in [0, 0.1) is 5.82 Å². The van der Waals surface area contributed by atoms with Crippen LogP contribution < -0.4 is 5.56 Å². The summed E-state index contributed by atoms with van der Waals surface area (Å²) in [4.78, 5) is 13.0. The molecule has 0 amide bonds. The molecule has 0 saturated carbocycles. The standard InChI is InChI=1S/C20H14F4N2O3S/c1-30(28,29)15-8-4-12(5-9-15)16-10-25-26(11-17(22)19(23)24)20(27)18(16)13-2-6-14(21)7-3-13/h2-10H,11H2,1H3. The molecule has 1 aromatic heterocycles. The van der Waals surface area contributed by atoms with Crippen molar-refractivity contribution in [3.63, 3.8) is 0 Å². The van der Waals surface area contributed by atoms with Gasteiger partial charge in [-0.25, -0.2) is 21.9 Å². The van der Waals surface area contributed by atoms with Crippen molar-refractivity contribution >= 4 is 9.84 Å². The quantitative estimate of drug-likeness (QED) is 0.560. The van der Waals surface area contributed by atoms with Crippen LogP contribution in [0.3, 0.4) is 0 Å². The van der Waals surface area contributed by atoms with Gasteiger partial charge in [-0.05, 0) is 35.4 Å². The van der Waals surface area contributed by atoms with Crippen molar-refractivity contribution in [2.24, 2.45) is 0 Å². The number of allylic oxidation sites excluding steroid dienone is 1. The fraction of sp³-hybridized carbons (Fsp3) is 0.100. The molecule has 0 bridgehead atoms. The number of hydrogen-bond acceptors (Lipinski definition) is 4. The smallest absolute Gasteiger partial charge is 0.267 e. The lowest BCUT2D eigenvalue weighted by Crippen LogP contribution is -2.25. The summed E-state index contributed by atoms with van der Waals surface area (Å²) in [5.41, 5.74) is 0.0101. The van der Waals surface area contributed by atoms with Gasteiger partial charge in [-0.3, -0.25) is 4.79 Å². The van der Waals surface area contributed by atoms with Crippen molar-refractivity contribution in [3.05, 3.63) is 82.8 Å². The number of nitrogens with zero attached hydrogens (tertiary/aromatic N) is 2. The zero-order valence-electron chi connectivity index (χ0n) is 15.4. The summed E-state index contributed by atoms with van der Waals surface area (Å²) >= 11 is 0. The molecule has 0 N–H and O–H groups in total. The van der Waals surface area contributed by atoms with Gasteiger partial charge in [-0.15, -0.1) is 0 Å². The zero-order chi connectivity index (χ0) is 22.1. The molecule has 2 aromatic carbocycles. The van der Waals surface area contributed by atoms with Gasteiger partial charge in [-0.1, -0.05) is 24.3 Å². The Morgan fingerprint density at radius 3 is 2.07 bits per heavy atom. The van der Waals surface area contributed by atoms with E-state index in [1.54, 1.807) is 0 Å². The Hall–Kier alpha value is -3.27. The van der Waals surface area contributed by atoms with Crippen LogP contribution in [0.15, 0.2) is 76.3 Å². The number of sulfone groups is 1. The molecule has 0 fully saturated rings. The van der Waals surface area contributed by atoms with Crippen molar-refractivity contribution < 1.29 is 26.0 Å². The van der Waals surface area contributed by atoms with Gasteiger partial charge < -0.3 is 0 Å². The highest BCUT2D eigenvalue weighted by atomic mass is 32.2. The third kappa shape index (κ3) is 4.48. The van der Waals surface area contributed by atoms with Gasteiger partial charge in [0.1, 0.15) is 12.4 Å². The maximum absolute atomic E-state index is 13.4. The van der Waals surface area contributed by atoms with E-state index < -0.39 is 39.7 Å². The zero-order valence-corrected chi connectivity index (χ0v) is 16.3. The van der Waals surface area contributed by atoms with Gasteiger partial charge in [0.2, 0.25) is 0 Å². The molecule has 0 atom stereocenters. The highest BCUT2D eigenvalue weighted by molar-refractivity contribution is 7.90. The van der Waals surface area contributed by atoms with Crippen LogP contribution in [0.5, 0.6) is 0 Å². The van der Waals surface area contributed by atoms with E-state index in [1.165, 1.54) is 42.6 Å². The third-order valence-electron chi connectivity index (χ3n) is 4.26. The van der Waals surface area contributed by atoms with Gasteiger partial charge in [-0.2, -0.15) is 13.9 Å². The topological polar surface area (TPSA) is 69.0 Å². The monoisotopic (exact) mass is 438 g/mol. The molecule has 30 heavy (non-hydrogen) atoms. The Labute approximate surface area is 168 Å². The van der Waals surface area contributed by atoms with Crippen molar-refractivity contribution in [3.8, 4) is 22.3 Å². The van der Waals surface area contributed by atoms with Crippen LogP contribution in [-0.2, 0) is 16.4 Å². The lowest BCUT2D eigenvalue weighted by molar-refractivity contribution is 0.359. The van der Waals surface area contributed by atoms with Gasteiger partial charge in [0, 0.05) is 11.8 Å². The minimum absolute atomic E-state index is 0.0239. The largest absolute Gasteiger partial charge is 0.303 e. The van der Waals surface area contributed by atoms with Crippen molar-refractivity contribution in [2.45, 2.75) is 11.4 Å². The highest BCUT2D eigenvalue weighted by Gasteiger charge is 2.18. The van der Waals surface area contributed by atoms with Gasteiger partial charge in [0.05, 0.1) is 16.7 Å². The Balaban J connectivity index is 2.22. The van der Waals surface area contributed by atoms with Crippen molar-refractivity contribution in [1.82, 2.24) is 9.78 Å². The first kappa shape index (κ1) is 21.4. The summed E-state index contributed by atoms with van der Waals surface area (Å²) in [6.07, 6.45) is -0.341. The Morgan fingerprint density at radius 2 is 1.53 bits per heavy atom. The number of halogens is 4. The Bertz CT molecular complexity index is 1280. The van der Waals surface area contributed by atoms with Gasteiger partial charge >= 0.3 is 6.08 Å². The van der Waals surface area contributed by atoms with E-state index in [4.69, 9.17) is 0 Å². The number of hydrogen-bond donors (Lipinski definition) is 0. The molecular formula is C20H14F4N2O3S. The minimum atomic E-state index is -3.45. The maximum Gasteiger partial charge on any atom is 0.303 e. The van der Waals surface area contributed by atoms with Crippen LogP contribution in [0.4, 0.5) is 17.6 Å². The van der Waals surface area contributed by atoms with Gasteiger partial charge in [0.15, 0.2) is 15.7 Å². The first-order valence-corrected chi connectivity index (χ1v) is 10.3. The van der Waals surface area contributed by atoms with E-state index in [9.17, 15) is 30.8 Å². The maximum atomic E-state index is 13.4. The molecule has 3 rings (SSSR count). The minimum Gasteiger partial charge on any atom is -0.267 e. The number of aromatic nitrogens is 2. The van der Waals surface area contributed by atoms with E-state index in [0.717, 1.165) is 18.4 Å². The predicted molar refractivity (Wildman–Crippen MR) is 103 cm³/mol. The summed E-state index contributed by atoms with van der Waals surface area (Å²) in [7, 11) is -3.45. The fourth-order valence-electron chi connectivity index (χ4n) is 2.79. The van der Waals surface area contributed by atoms with E-state index in [2.05, 4.69) is 5.10 Å². The van der Waals surface area contributed by atoms with Crippen LogP contribution in [0.1, 0.15) is 0 Å². The Kier molecular flexibility index (Phi) is 5.88. The molecule has 0 aliphatic heterocycles. The molecule has 0 saturated heterocycles. The highest BCUT2D eigenvalue weighted by Crippen LogP contribution is 2.30. The summed E-state index contributed by atoms with van der Waals surface area (Å²) in [5, 5.41) is 3.76. The summed E-state index contributed by atoms with van der Waals surface area (Å²) < 4.78 is 75.5. The predicted octanol–water partition coefficient (Wildman–Crippen LogP) is 4.20. The van der Waals surface area contributed by atoms with Crippen LogP contribution in [0.25, 0.3) is 22.3 Å². The molecule has 0 unspecified atom stereocenters. The van der Waals surface area contributed by atoms with E-state index in [1.807, 2.05) is 0 Å². The summed E-state index contributed by atoms with van der Waals surface area (Å²) in [6, 6.07) is 10.4. The molecule has 0 radical (unpaired) electrons. The molecule has 5 nitrogen and oxygen atoms in total. The molecule has 0 aliphatic carbocycles. The SMILES string of the molecule is CS(=O)(=O)c1ccc(-c2cnn(CC(F)=C(F)F)c(=O)c2-c2ccc(F)cc2)cc1. The molecule has 1 heterocycles. The second kappa shape index (κ2) is 8.23. The van der Waals surface area contributed by atoms with Crippen LogP contribution in [-0.4, -0.2) is 24.5 Å². The lowest BCUT2D eigenvalue weighted by Gasteiger charge is -2.12. The summed E-state index contributed by atoms with van der Waals surface area (Å²) in [6.45, 7) is -1.07. The van der Waals surface area contributed by atoms with E-state index in [-0.39, 0.29) is 21.6 Å². The van der Waals surface area contributed by atoms with Crippen molar-refractivity contribution in [2.75, 3.05) is 6.26 Å². The number of rotatable bonds is 5. The molecular weight excluding hydrogens is 424 g/mol. The molecule has 0 spiro atoms. The first-order chi connectivity index (χ1) is 14.1. The van der Waals surface area contributed by atoms with Crippen LogP contribution in [0.2, 0.25) is 0 Å². The second-order valence-corrected chi connectivity index (χ2v) is 8.38. The van der Waals surface area contributed by atoms with Crippen molar-refractivity contribution in [1.29, 1.82) is 0 Å². The average Bonchev–Trinajstić information content (AvgIpc) is 2.69. The summed E-state index contributed by atoms with van der Waals surface area (Å²) in [5.74, 6) is -2.36. The second-order valence-electron chi connectivity index (χ2n) is 6.36. The molecule has 0 aliphatic rings. The normalized spacial score (nSPS) is 11.4. The molecule has 3 aromatic rings. The average molecular weight is 438 g/mol. The Morgan fingerprint density at radius 1 is 0.967 bits per heavy atom. The lowest BCUT2D eigenvalue weighted by atomic mass is 9.97. The number of benzene rings is 2. The van der Waals surface area contributed by atoms with E-state index >= 15 is 0 Å². The van der Waals surface area contributed by atoms with Gasteiger partial charge in [0.25, 0.3) is 5.56 Å². The van der Waals surface area contributed by atoms with Crippen LogP contribution >= 0.6 is 0 Å². The van der Waals surface area contributed by atoms with E-state index in [0.29, 0.717) is 10.2 Å². The first-order valence-electron chi connectivity index (χ1n) is 8.44.